The molecule has 2 fully saturated rings. The molecule has 0 aromatic heterocycles. The molecule has 7 unspecified atom stereocenters. The number of allylic oxidation sites excluding steroid dienone is 1. The number of aliphatic hydroxyl groups is 2. The van der Waals surface area contributed by atoms with Crippen LogP contribution in [0.1, 0.15) is 92.4 Å². The van der Waals surface area contributed by atoms with E-state index in [1.165, 1.54) is 23.8 Å². The number of rotatable bonds is 19. The van der Waals surface area contributed by atoms with Gasteiger partial charge in [-0.25, -0.2) is 0 Å². The molecule has 0 spiro atoms. The van der Waals surface area contributed by atoms with Crippen molar-refractivity contribution >= 4 is 23.4 Å². The number of nitro benzene ring substituents is 1. The summed E-state index contributed by atoms with van der Waals surface area (Å²) in [5, 5.41) is 36.1. The van der Waals surface area contributed by atoms with Crippen molar-refractivity contribution in [1.29, 1.82) is 0 Å². The highest BCUT2D eigenvalue weighted by Gasteiger charge is 2.65. The fraction of sp³-hybridized carbons (Fsp3) is 0.480. The van der Waals surface area contributed by atoms with E-state index in [1.54, 1.807) is 36.2 Å². The lowest BCUT2D eigenvalue weighted by Gasteiger charge is -2.59. The van der Waals surface area contributed by atoms with E-state index in [4.69, 9.17) is 28.9 Å². The van der Waals surface area contributed by atoms with Crippen molar-refractivity contribution in [3.8, 4) is 17.2 Å². The van der Waals surface area contributed by atoms with Gasteiger partial charge in [0.05, 0.1) is 29.8 Å². The van der Waals surface area contributed by atoms with E-state index >= 15 is 0 Å². The zero-order valence-electron chi connectivity index (χ0n) is 36.7. The zero-order valence-corrected chi connectivity index (χ0v) is 36.7. The molecule has 0 radical (unpaired) electrons. The van der Waals surface area contributed by atoms with Crippen LogP contribution in [0, 0.1) is 41.7 Å². The molecule has 13 nitrogen and oxygen atoms in total. The van der Waals surface area contributed by atoms with Crippen LogP contribution in [-0.2, 0) is 19.1 Å². The summed E-state index contributed by atoms with van der Waals surface area (Å²) < 4.78 is 26.8. The maximum atomic E-state index is 14.4. The van der Waals surface area contributed by atoms with Crippen LogP contribution in [0.4, 0.5) is 5.69 Å². The summed E-state index contributed by atoms with van der Waals surface area (Å²) in [6, 6.07) is 17.2. The summed E-state index contributed by atoms with van der Waals surface area (Å²) in [7, 11) is 1.73. The fourth-order valence-electron chi connectivity index (χ4n) is 9.77. The summed E-state index contributed by atoms with van der Waals surface area (Å²) >= 11 is 0. The number of hydrogen-bond donors (Lipinski definition) is 2. The van der Waals surface area contributed by atoms with Gasteiger partial charge >= 0.3 is 0 Å². The number of fused-ring (bicyclic) bond motifs is 2. The van der Waals surface area contributed by atoms with Crippen molar-refractivity contribution in [2.45, 2.75) is 102 Å². The summed E-state index contributed by atoms with van der Waals surface area (Å²) in [6.45, 7) is 9.04. The minimum absolute atomic E-state index is 0.0402. The number of oxime groups is 1. The highest BCUT2D eigenvalue weighted by molar-refractivity contribution is 6.03. The van der Waals surface area contributed by atoms with E-state index < -0.39 is 29.0 Å². The maximum Gasteiger partial charge on any atom is 0.269 e. The van der Waals surface area contributed by atoms with Crippen molar-refractivity contribution in [3.63, 3.8) is 0 Å². The van der Waals surface area contributed by atoms with Crippen LogP contribution in [0.25, 0.3) is 6.08 Å². The van der Waals surface area contributed by atoms with E-state index in [9.17, 15) is 25.1 Å². The number of aryl methyl sites for hydroxylation is 2. The number of nitro groups is 1. The van der Waals surface area contributed by atoms with Crippen LogP contribution in [0.2, 0.25) is 0 Å². The third-order valence-corrected chi connectivity index (χ3v) is 13.1. The van der Waals surface area contributed by atoms with Gasteiger partial charge in [0.15, 0.2) is 0 Å². The van der Waals surface area contributed by atoms with Gasteiger partial charge in [-0.1, -0.05) is 36.2 Å². The molecule has 7 atom stereocenters. The van der Waals surface area contributed by atoms with Crippen molar-refractivity contribution < 1.29 is 43.7 Å². The normalized spacial score (nSPS) is 25.7. The topological polar surface area (TPSA) is 162 Å². The molecule has 0 bridgehead atoms. The zero-order chi connectivity index (χ0) is 44.5. The monoisotopic (exact) mass is 863 g/mol. The Labute approximate surface area is 370 Å². The summed E-state index contributed by atoms with van der Waals surface area (Å²) in [5.74, 6) is -0.361. The number of carbonyl (C=O) groups excluding carboxylic acids is 1. The predicted octanol–water partition coefficient (Wildman–Crippen LogP) is 9.34. The van der Waals surface area contributed by atoms with E-state index in [2.05, 4.69) is 32.6 Å². The van der Waals surface area contributed by atoms with Crippen LogP contribution in [0.5, 0.6) is 17.2 Å². The van der Waals surface area contributed by atoms with Crippen LogP contribution in [0.3, 0.4) is 0 Å². The Balaban J connectivity index is 1.38. The molecule has 4 aliphatic rings. The predicted molar refractivity (Wildman–Crippen MR) is 241 cm³/mol. The SMILES string of the molecule is C=CCOC12Oc3ccc(Oc4ccc(C)c(C)c4)cc3C3C(CCCCO)C(CCCCO)C=C(C(=NOC4CCCCO4)CC1N(C)C(=O)C=Cc1ccc([N+](=O)[O-])cc1)C32. The van der Waals surface area contributed by atoms with Gasteiger partial charge in [0.25, 0.3) is 5.69 Å². The molecule has 7 rings (SSSR count). The molecule has 3 aromatic carbocycles. The van der Waals surface area contributed by atoms with Gasteiger partial charge < -0.3 is 38.9 Å². The Hall–Kier alpha value is -5.34. The van der Waals surface area contributed by atoms with Crippen molar-refractivity contribution in [3.05, 3.63) is 123 Å². The Bertz CT molecular complexity index is 2180. The molecular weight excluding hydrogens is 803 g/mol. The smallest absolute Gasteiger partial charge is 0.269 e. The lowest BCUT2D eigenvalue weighted by atomic mass is 9.55. The van der Waals surface area contributed by atoms with Gasteiger partial charge in [-0.3, -0.25) is 14.9 Å². The number of ether oxygens (including phenoxy) is 4. The summed E-state index contributed by atoms with van der Waals surface area (Å²) in [5.41, 5.74) is 5.44. The molecule has 2 aliphatic heterocycles. The van der Waals surface area contributed by atoms with Crippen LogP contribution in [0.15, 0.2) is 96.2 Å². The number of carbonyl (C=O) groups is 1. The quantitative estimate of drug-likeness (QED) is 0.0391. The highest BCUT2D eigenvalue weighted by atomic mass is 16.8. The van der Waals surface area contributed by atoms with Crippen molar-refractivity contribution in [2.75, 3.05) is 33.5 Å². The Morgan fingerprint density at radius 1 is 1.00 bits per heavy atom. The van der Waals surface area contributed by atoms with E-state index in [0.717, 1.165) is 61.0 Å². The largest absolute Gasteiger partial charge is 0.459 e. The molecule has 2 N–H and O–H groups in total. The van der Waals surface area contributed by atoms with Crippen LogP contribution >= 0.6 is 0 Å². The molecule has 63 heavy (non-hydrogen) atoms. The molecule has 2 heterocycles. The molecule has 2 aliphatic carbocycles. The standard InChI is InChI=1S/C50H61N3O10/c1-5-27-60-50-45(52(4)46(56)24-18-35-16-19-37(20-17-35)53(57)58)32-43(51-63-47-14-8-11-28-59-47)41-30-36(12-6-9-25-54)40(13-7-10-26-55)48(49(41)50)42-31-39(22-23-44(42)62-50)61-38-21-15-33(2)34(3)29-38/h5,15-24,29-31,36,40,45,47-49,54-55H,1,6-14,25-28,32H2,2-4H3. The number of nitrogens with zero attached hydrogens (tertiary/aromatic N) is 3. The van der Waals surface area contributed by atoms with E-state index in [1.807, 2.05) is 30.3 Å². The molecule has 1 amide bonds. The van der Waals surface area contributed by atoms with Crippen molar-refractivity contribution in [1.82, 2.24) is 4.90 Å². The first kappa shape index (κ1) is 45.7. The maximum absolute atomic E-state index is 14.4. The number of amides is 1. The Morgan fingerprint density at radius 3 is 2.44 bits per heavy atom. The second-order valence-electron chi connectivity index (χ2n) is 17.2. The molecule has 1 saturated carbocycles. The van der Waals surface area contributed by atoms with Gasteiger partial charge in [0.2, 0.25) is 18.0 Å². The minimum Gasteiger partial charge on any atom is -0.459 e. The average Bonchev–Trinajstić information content (AvgIpc) is 3.29. The third-order valence-electron chi connectivity index (χ3n) is 13.1. The first-order chi connectivity index (χ1) is 30.6. The lowest BCUT2D eigenvalue weighted by Crippen LogP contribution is -2.69. The highest BCUT2D eigenvalue weighted by Crippen LogP contribution is 2.62. The van der Waals surface area contributed by atoms with Gasteiger partial charge in [-0.05, 0) is 135 Å². The van der Waals surface area contributed by atoms with Gasteiger partial charge in [-0.15, -0.1) is 6.58 Å². The second kappa shape index (κ2) is 20.9. The van der Waals surface area contributed by atoms with Crippen LogP contribution < -0.4 is 9.47 Å². The first-order valence-electron chi connectivity index (χ1n) is 22.4. The lowest BCUT2D eigenvalue weighted by molar-refractivity contribution is -0.384. The first-order valence-corrected chi connectivity index (χ1v) is 22.4. The second-order valence-corrected chi connectivity index (χ2v) is 17.2. The number of hydrogen-bond acceptors (Lipinski definition) is 11. The molecule has 13 heteroatoms. The molecule has 3 aromatic rings. The summed E-state index contributed by atoms with van der Waals surface area (Å²) in [4.78, 5) is 33.1. The number of likely N-dealkylation sites (N-methyl/N-ethyl adjacent to an activating group) is 1. The van der Waals surface area contributed by atoms with Gasteiger partial charge in [0.1, 0.15) is 23.3 Å². The van der Waals surface area contributed by atoms with Crippen LogP contribution in [-0.4, -0.2) is 83.2 Å². The minimum atomic E-state index is -1.43. The number of benzene rings is 3. The molecular formula is C50H61N3O10. The van der Waals surface area contributed by atoms with Gasteiger partial charge in [0, 0.05) is 62.8 Å². The Morgan fingerprint density at radius 2 is 1.75 bits per heavy atom. The van der Waals surface area contributed by atoms with Crippen molar-refractivity contribution in [2.24, 2.45) is 22.9 Å². The van der Waals surface area contributed by atoms with E-state index in [-0.39, 0.29) is 55.6 Å². The third kappa shape index (κ3) is 10.2. The number of non-ortho nitro benzene ring substituents is 1. The fourth-order valence-corrected chi connectivity index (χ4v) is 9.77. The number of aliphatic hydroxyl groups excluding tert-OH is 2. The molecule has 1 saturated heterocycles. The molecule has 336 valence electrons. The Kier molecular flexibility index (Phi) is 15.1. The average molecular weight is 864 g/mol. The van der Waals surface area contributed by atoms with Gasteiger partial charge in [-0.2, -0.15) is 0 Å². The summed E-state index contributed by atoms with van der Waals surface area (Å²) in [6.07, 6.45) is 14.0. The number of unbranched alkanes of at least 4 members (excludes halogenated alkanes) is 2. The van der Waals surface area contributed by atoms with E-state index in [0.29, 0.717) is 48.6 Å².